The van der Waals surface area contributed by atoms with Crippen molar-refractivity contribution in [1.29, 1.82) is 0 Å². The van der Waals surface area contributed by atoms with E-state index in [4.69, 9.17) is 0 Å². The lowest BCUT2D eigenvalue weighted by molar-refractivity contribution is -0.119. The van der Waals surface area contributed by atoms with Gasteiger partial charge < -0.3 is 5.32 Å². The van der Waals surface area contributed by atoms with Gasteiger partial charge in [-0.3, -0.25) is 18.6 Å². The average Bonchev–Trinajstić information content (AvgIpc) is 3.07. The second kappa shape index (κ2) is 7.96. The fourth-order valence-electron chi connectivity index (χ4n) is 2.71. The Kier molecular flexibility index (Phi) is 5.65. The first-order valence-electron chi connectivity index (χ1n) is 8.83. The van der Waals surface area contributed by atoms with E-state index in [1.807, 2.05) is 29.5 Å². The molecular formula is C19H23N5O2S. The summed E-state index contributed by atoms with van der Waals surface area (Å²) < 4.78 is 3.36. The van der Waals surface area contributed by atoms with Crippen LogP contribution >= 0.6 is 11.8 Å². The lowest BCUT2D eigenvalue weighted by Crippen LogP contribution is -2.37. The molecule has 1 aromatic carbocycles. The van der Waals surface area contributed by atoms with Crippen molar-refractivity contribution in [3.8, 4) is 0 Å². The number of rotatable bonds is 7. The van der Waals surface area contributed by atoms with Gasteiger partial charge in [0.15, 0.2) is 5.16 Å². The standard InChI is InChI=1S/C19H23N5O2S/c1-5-10-23-17(26)14-8-6-7-9-15(14)24-18(23)21-22-19(24)27-11-16(25)20-13(4)12(2)3/h5-9,12-13H,1,10-11H2,2-4H3,(H,20,25). The molecule has 0 radical (unpaired) electrons. The van der Waals surface area contributed by atoms with Crippen LogP contribution in [0.4, 0.5) is 0 Å². The normalized spacial score (nSPS) is 12.6. The molecule has 2 heterocycles. The van der Waals surface area contributed by atoms with Crippen LogP contribution in [0.2, 0.25) is 0 Å². The number of thioether (sulfide) groups is 1. The highest BCUT2D eigenvalue weighted by Gasteiger charge is 2.17. The van der Waals surface area contributed by atoms with E-state index in [-0.39, 0.29) is 23.3 Å². The van der Waals surface area contributed by atoms with Crippen molar-refractivity contribution in [2.75, 3.05) is 5.75 Å². The van der Waals surface area contributed by atoms with Crippen LogP contribution in [-0.4, -0.2) is 36.9 Å². The average molecular weight is 385 g/mol. The SMILES string of the molecule is C=CCn1c(=O)c2ccccc2n2c(SCC(=O)NC(C)C(C)C)nnc12. The van der Waals surface area contributed by atoms with Gasteiger partial charge in [0.1, 0.15) is 0 Å². The Morgan fingerprint density at radius 1 is 1.30 bits per heavy atom. The molecule has 1 N–H and O–H groups in total. The summed E-state index contributed by atoms with van der Waals surface area (Å²) in [5.74, 6) is 0.983. The topological polar surface area (TPSA) is 81.3 Å². The Morgan fingerprint density at radius 3 is 2.74 bits per heavy atom. The summed E-state index contributed by atoms with van der Waals surface area (Å²) in [4.78, 5) is 25.0. The molecule has 0 saturated heterocycles. The fraction of sp³-hybridized carbons (Fsp3) is 0.368. The van der Waals surface area contributed by atoms with Gasteiger partial charge in [-0.15, -0.1) is 16.8 Å². The van der Waals surface area contributed by atoms with E-state index in [2.05, 4.69) is 35.9 Å². The van der Waals surface area contributed by atoms with Gasteiger partial charge in [0.2, 0.25) is 11.7 Å². The molecule has 0 aliphatic carbocycles. The number of carbonyl (C=O) groups is 1. The molecule has 8 heteroatoms. The van der Waals surface area contributed by atoms with E-state index < -0.39 is 0 Å². The van der Waals surface area contributed by atoms with Crippen molar-refractivity contribution in [3.63, 3.8) is 0 Å². The van der Waals surface area contributed by atoms with Crippen LogP contribution in [0.5, 0.6) is 0 Å². The number of fused-ring (bicyclic) bond motifs is 3. The lowest BCUT2D eigenvalue weighted by Gasteiger charge is -2.17. The zero-order valence-electron chi connectivity index (χ0n) is 15.7. The first kappa shape index (κ1) is 19.2. The molecule has 0 spiro atoms. The van der Waals surface area contributed by atoms with Gasteiger partial charge >= 0.3 is 0 Å². The minimum Gasteiger partial charge on any atom is -0.353 e. The molecule has 0 saturated carbocycles. The molecule has 2 aromatic heterocycles. The summed E-state index contributed by atoms with van der Waals surface area (Å²) in [6.45, 7) is 10.2. The quantitative estimate of drug-likeness (QED) is 0.499. The van der Waals surface area contributed by atoms with E-state index in [1.54, 1.807) is 12.1 Å². The first-order chi connectivity index (χ1) is 12.9. The van der Waals surface area contributed by atoms with Crippen molar-refractivity contribution in [1.82, 2.24) is 24.5 Å². The molecule has 7 nitrogen and oxygen atoms in total. The van der Waals surface area contributed by atoms with Crippen LogP contribution in [0.3, 0.4) is 0 Å². The van der Waals surface area contributed by atoms with E-state index in [1.165, 1.54) is 16.3 Å². The highest BCUT2D eigenvalue weighted by atomic mass is 32.2. The van der Waals surface area contributed by atoms with Crippen molar-refractivity contribution in [2.24, 2.45) is 5.92 Å². The van der Waals surface area contributed by atoms with Crippen molar-refractivity contribution in [2.45, 2.75) is 38.5 Å². The minimum absolute atomic E-state index is 0.0540. The van der Waals surface area contributed by atoms with Gasteiger partial charge in [-0.05, 0) is 25.0 Å². The number of nitrogens with one attached hydrogen (secondary N) is 1. The summed E-state index contributed by atoms with van der Waals surface area (Å²) in [7, 11) is 0. The molecule has 1 atom stereocenters. The largest absolute Gasteiger partial charge is 0.353 e. The van der Waals surface area contributed by atoms with Crippen LogP contribution in [0.25, 0.3) is 16.7 Å². The Morgan fingerprint density at radius 2 is 2.04 bits per heavy atom. The molecule has 0 bridgehead atoms. The fourth-order valence-corrected chi connectivity index (χ4v) is 3.46. The van der Waals surface area contributed by atoms with Gasteiger partial charge in [-0.25, -0.2) is 0 Å². The molecule has 1 amide bonds. The highest BCUT2D eigenvalue weighted by Crippen LogP contribution is 2.21. The van der Waals surface area contributed by atoms with Gasteiger partial charge in [-0.1, -0.05) is 43.8 Å². The Labute approximate surface area is 161 Å². The predicted molar refractivity (Wildman–Crippen MR) is 108 cm³/mol. The van der Waals surface area contributed by atoms with Gasteiger partial charge in [0.05, 0.1) is 16.7 Å². The Balaban J connectivity index is 1.99. The van der Waals surface area contributed by atoms with Crippen LogP contribution in [-0.2, 0) is 11.3 Å². The van der Waals surface area contributed by atoms with Crippen molar-refractivity contribution < 1.29 is 4.79 Å². The number of nitrogens with zero attached hydrogens (tertiary/aromatic N) is 4. The third kappa shape index (κ3) is 3.75. The molecule has 0 fully saturated rings. The summed E-state index contributed by atoms with van der Waals surface area (Å²) in [5.41, 5.74) is 0.590. The number of para-hydroxylation sites is 1. The van der Waals surface area contributed by atoms with Gasteiger partial charge in [-0.2, -0.15) is 0 Å². The van der Waals surface area contributed by atoms with Crippen LogP contribution < -0.4 is 10.9 Å². The smallest absolute Gasteiger partial charge is 0.263 e. The molecule has 3 aromatic rings. The monoisotopic (exact) mass is 385 g/mol. The zero-order chi connectivity index (χ0) is 19.6. The first-order valence-corrected chi connectivity index (χ1v) is 9.82. The third-order valence-corrected chi connectivity index (χ3v) is 5.44. The number of amides is 1. The maximum Gasteiger partial charge on any atom is 0.263 e. The molecule has 27 heavy (non-hydrogen) atoms. The summed E-state index contributed by atoms with van der Waals surface area (Å²) >= 11 is 1.30. The number of allylic oxidation sites excluding steroid dienone is 1. The molecule has 0 aliphatic rings. The van der Waals surface area contributed by atoms with Gasteiger partial charge in [0.25, 0.3) is 5.56 Å². The minimum atomic E-state index is -0.134. The van der Waals surface area contributed by atoms with Crippen LogP contribution in [0.1, 0.15) is 20.8 Å². The summed E-state index contributed by atoms with van der Waals surface area (Å²) in [6.07, 6.45) is 1.65. The van der Waals surface area contributed by atoms with Gasteiger partial charge in [0, 0.05) is 12.6 Å². The Hall–Kier alpha value is -2.61. The zero-order valence-corrected chi connectivity index (χ0v) is 16.5. The number of aromatic nitrogens is 4. The van der Waals surface area contributed by atoms with Crippen LogP contribution in [0, 0.1) is 5.92 Å². The maximum absolute atomic E-state index is 12.8. The van der Waals surface area contributed by atoms with Crippen molar-refractivity contribution >= 4 is 34.3 Å². The lowest BCUT2D eigenvalue weighted by atomic mass is 10.1. The number of hydrogen-bond donors (Lipinski definition) is 1. The number of hydrogen-bond acceptors (Lipinski definition) is 5. The third-order valence-electron chi connectivity index (χ3n) is 4.51. The molecule has 0 aliphatic heterocycles. The second-order valence-electron chi connectivity index (χ2n) is 6.73. The second-order valence-corrected chi connectivity index (χ2v) is 7.67. The maximum atomic E-state index is 12.8. The number of benzene rings is 1. The molecule has 1 unspecified atom stereocenters. The highest BCUT2D eigenvalue weighted by molar-refractivity contribution is 7.99. The van der Waals surface area contributed by atoms with Crippen molar-refractivity contribution in [3.05, 3.63) is 47.3 Å². The summed E-state index contributed by atoms with van der Waals surface area (Å²) in [6, 6.07) is 7.43. The number of carbonyl (C=O) groups excluding carboxylic acids is 1. The molecule has 3 rings (SSSR count). The Bertz CT molecular complexity index is 1050. The van der Waals surface area contributed by atoms with Crippen LogP contribution in [0.15, 0.2) is 46.9 Å². The summed E-state index contributed by atoms with van der Waals surface area (Å²) in [5, 5.41) is 12.5. The van der Waals surface area contributed by atoms with E-state index in [9.17, 15) is 9.59 Å². The van der Waals surface area contributed by atoms with E-state index >= 15 is 0 Å². The molecule has 142 valence electrons. The molecular weight excluding hydrogens is 362 g/mol. The predicted octanol–water partition coefficient (Wildman–Crippen LogP) is 2.48. The van der Waals surface area contributed by atoms with E-state index in [0.717, 1.165) is 5.52 Å². The van der Waals surface area contributed by atoms with E-state index in [0.29, 0.717) is 28.8 Å².